The molecule has 0 aromatic carbocycles. The first-order valence-electron chi connectivity index (χ1n) is 7.43. The second-order valence-corrected chi connectivity index (χ2v) is 11.3. The molecule has 1 fully saturated rings. The first kappa shape index (κ1) is 15.9. The Hall–Kier alpha value is -0.123. The normalized spacial score (nSPS) is 22.2. The minimum atomic E-state index is -1.08. The molecule has 0 N–H and O–H groups in total. The largest absolute Gasteiger partial charge is 0.353 e. The van der Waals surface area contributed by atoms with Gasteiger partial charge in [-0.25, -0.2) is 0 Å². The predicted molar refractivity (Wildman–Crippen MR) is 80.5 cm³/mol. The van der Waals surface area contributed by atoms with E-state index in [1.807, 2.05) is 0 Å². The molecule has 3 heteroatoms. The molecular weight excluding hydrogens is 240 g/mol. The van der Waals surface area contributed by atoms with Gasteiger partial charge in [0, 0.05) is 13.2 Å². The standard InChI is InChI=1S/C15H30O2Si/c1-5-14(18(2,3)4)10-6-8-12-16-15-11-7-9-13-17-15/h5,15H,6-13H2,1-4H3/b14-5+. The van der Waals surface area contributed by atoms with Crippen LogP contribution in [-0.4, -0.2) is 27.6 Å². The maximum absolute atomic E-state index is 5.75. The highest BCUT2D eigenvalue weighted by atomic mass is 28.3. The van der Waals surface area contributed by atoms with Crippen LogP contribution in [0.2, 0.25) is 19.6 Å². The van der Waals surface area contributed by atoms with Gasteiger partial charge in [0.15, 0.2) is 6.29 Å². The summed E-state index contributed by atoms with van der Waals surface area (Å²) in [4.78, 5) is 0. The second-order valence-electron chi connectivity index (χ2n) is 6.19. The topological polar surface area (TPSA) is 18.5 Å². The van der Waals surface area contributed by atoms with Crippen molar-refractivity contribution in [2.45, 2.75) is 71.4 Å². The molecule has 2 nitrogen and oxygen atoms in total. The van der Waals surface area contributed by atoms with Crippen molar-refractivity contribution in [3.63, 3.8) is 0 Å². The van der Waals surface area contributed by atoms with Crippen LogP contribution >= 0.6 is 0 Å². The second kappa shape index (κ2) is 8.13. The maximum atomic E-state index is 5.75. The van der Waals surface area contributed by atoms with Crippen molar-refractivity contribution < 1.29 is 9.47 Å². The van der Waals surface area contributed by atoms with E-state index in [1.165, 1.54) is 25.7 Å². The smallest absolute Gasteiger partial charge is 0.157 e. The highest BCUT2D eigenvalue weighted by Gasteiger charge is 2.18. The van der Waals surface area contributed by atoms with Crippen LogP contribution < -0.4 is 0 Å². The van der Waals surface area contributed by atoms with E-state index in [9.17, 15) is 0 Å². The molecule has 1 saturated heterocycles. The highest BCUT2D eigenvalue weighted by Crippen LogP contribution is 2.20. The zero-order chi connectivity index (χ0) is 13.4. The van der Waals surface area contributed by atoms with E-state index in [2.05, 4.69) is 32.6 Å². The Balaban J connectivity index is 2.07. The lowest BCUT2D eigenvalue weighted by atomic mass is 10.2. The summed E-state index contributed by atoms with van der Waals surface area (Å²) >= 11 is 0. The Bertz CT molecular complexity index is 250. The summed E-state index contributed by atoms with van der Waals surface area (Å²) in [6, 6.07) is 0. The molecule has 0 spiro atoms. The lowest BCUT2D eigenvalue weighted by molar-refractivity contribution is -0.162. The maximum Gasteiger partial charge on any atom is 0.157 e. The van der Waals surface area contributed by atoms with Gasteiger partial charge in [-0.2, -0.15) is 0 Å². The first-order chi connectivity index (χ1) is 8.54. The number of rotatable bonds is 7. The van der Waals surface area contributed by atoms with Crippen LogP contribution in [0.5, 0.6) is 0 Å². The van der Waals surface area contributed by atoms with Gasteiger partial charge < -0.3 is 9.47 Å². The van der Waals surface area contributed by atoms with Gasteiger partial charge in [-0.1, -0.05) is 30.9 Å². The summed E-state index contributed by atoms with van der Waals surface area (Å²) < 4.78 is 11.3. The highest BCUT2D eigenvalue weighted by molar-refractivity contribution is 6.83. The quantitative estimate of drug-likeness (QED) is 0.500. The molecule has 0 saturated carbocycles. The minimum absolute atomic E-state index is 0.0805. The van der Waals surface area contributed by atoms with Crippen LogP contribution in [0.3, 0.4) is 0 Å². The summed E-state index contributed by atoms with van der Waals surface area (Å²) in [6.07, 6.45) is 9.59. The SMILES string of the molecule is C/C=C(\CCCCOC1CCCCO1)[Si](C)(C)C. The lowest BCUT2D eigenvalue weighted by Crippen LogP contribution is -2.24. The van der Waals surface area contributed by atoms with E-state index in [-0.39, 0.29) is 6.29 Å². The van der Waals surface area contributed by atoms with E-state index in [1.54, 1.807) is 5.20 Å². The van der Waals surface area contributed by atoms with Crippen molar-refractivity contribution in [3.8, 4) is 0 Å². The van der Waals surface area contributed by atoms with E-state index in [4.69, 9.17) is 9.47 Å². The van der Waals surface area contributed by atoms with Crippen molar-refractivity contribution in [3.05, 3.63) is 11.3 Å². The predicted octanol–water partition coefficient (Wildman–Crippen LogP) is 4.52. The number of unbranched alkanes of at least 4 members (excludes halogenated alkanes) is 1. The van der Waals surface area contributed by atoms with Crippen LogP contribution in [0.1, 0.15) is 45.4 Å². The fourth-order valence-electron chi connectivity index (χ4n) is 2.43. The third-order valence-electron chi connectivity index (χ3n) is 3.59. The lowest BCUT2D eigenvalue weighted by Gasteiger charge is -2.23. The Morgan fingerprint density at radius 2 is 2.06 bits per heavy atom. The van der Waals surface area contributed by atoms with Gasteiger partial charge in [0.1, 0.15) is 0 Å². The molecule has 0 aliphatic carbocycles. The third kappa shape index (κ3) is 6.16. The molecule has 1 rings (SSSR count). The van der Waals surface area contributed by atoms with E-state index in [0.29, 0.717) is 0 Å². The minimum Gasteiger partial charge on any atom is -0.353 e. The number of hydrogen-bond donors (Lipinski definition) is 0. The third-order valence-corrected chi connectivity index (χ3v) is 6.06. The molecule has 1 heterocycles. The van der Waals surface area contributed by atoms with Crippen molar-refractivity contribution in [1.29, 1.82) is 0 Å². The van der Waals surface area contributed by atoms with Gasteiger partial charge in [-0.3, -0.25) is 0 Å². The molecule has 1 unspecified atom stereocenters. The van der Waals surface area contributed by atoms with Gasteiger partial charge in [0.25, 0.3) is 0 Å². The van der Waals surface area contributed by atoms with Crippen molar-refractivity contribution in [1.82, 2.24) is 0 Å². The van der Waals surface area contributed by atoms with Crippen LogP contribution in [-0.2, 0) is 9.47 Å². The molecule has 0 aromatic heterocycles. The fraction of sp³-hybridized carbons (Fsp3) is 0.867. The van der Waals surface area contributed by atoms with Crippen LogP contribution in [0, 0.1) is 0 Å². The molecule has 0 bridgehead atoms. The zero-order valence-corrected chi connectivity index (χ0v) is 13.6. The van der Waals surface area contributed by atoms with E-state index >= 15 is 0 Å². The molecule has 1 atom stereocenters. The summed E-state index contributed by atoms with van der Waals surface area (Å²) in [5, 5.41) is 1.69. The number of hydrogen-bond acceptors (Lipinski definition) is 2. The van der Waals surface area contributed by atoms with Gasteiger partial charge in [0.2, 0.25) is 0 Å². The Labute approximate surface area is 114 Å². The molecular formula is C15H30O2Si. The van der Waals surface area contributed by atoms with Gasteiger partial charge in [-0.15, -0.1) is 0 Å². The van der Waals surface area contributed by atoms with Crippen molar-refractivity contribution >= 4 is 8.07 Å². The Kier molecular flexibility index (Phi) is 7.20. The van der Waals surface area contributed by atoms with Gasteiger partial charge in [0.05, 0.1) is 8.07 Å². The first-order valence-corrected chi connectivity index (χ1v) is 10.9. The van der Waals surface area contributed by atoms with Crippen molar-refractivity contribution in [2.75, 3.05) is 13.2 Å². The van der Waals surface area contributed by atoms with Crippen molar-refractivity contribution in [2.24, 2.45) is 0 Å². The summed E-state index contributed by atoms with van der Waals surface area (Å²) in [5.41, 5.74) is 0. The Morgan fingerprint density at radius 3 is 2.61 bits per heavy atom. The molecule has 1 aliphatic heterocycles. The average Bonchev–Trinajstić information content (AvgIpc) is 2.33. The molecule has 0 aromatic rings. The molecule has 106 valence electrons. The summed E-state index contributed by atoms with van der Waals surface area (Å²) in [7, 11) is -1.08. The van der Waals surface area contributed by atoms with E-state index in [0.717, 1.165) is 26.1 Å². The van der Waals surface area contributed by atoms with Crippen LogP contribution in [0.4, 0.5) is 0 Å². The molecule has 1 aliphatic rings. The number of allylic oxidation sites excluding steroid dienone is 2. The molecule has 0 radical (unpaired) electrons. The Morgan fingerprint density at radius 1 is 1.28 bits per heavy atom. The average molecular weight is 270 g/mol. The molecule has 0 amide bonds. The number of ether oxygens (including phenoxy) is 2. The van der Waals surface area contributed by atoms with Crippen LogP contribution in [0.15, 0.2) is 11.3 Å². The summed E-state index contributed by atoms with van der Waals surface area (Å²) in [6.45, 7) is 11.2. The van der Waals surface area contributed by atoms with Gasteiger partial charge >= 0.3 is 0 Å². The summed E-state index contributed by atoms with van der Waals surface area (Å²) in [5.74, 6) is 0. The monoisotopic (exact) mass is 270 g/mol. The van der Waals surface area contributed by atoms with Crippen LogP contribution in [0.25, 0.3) is 0 Å². The van der Waals surface area contributed by atoms with Gasteiger partial charge in [-0.05, 0) is 45.4 Å². The zero-order valence-electron chi connectivity index (χ0n) is 12.6. The fourth-order valence-corrected chi connectivity index (χ4v) is 4.22. The van der Waals surface area contributed by atoms with E-state index < -0.39 is 8.07 Å². The molecule has 18 heavy (non-hydrogen) atoms.